The molecule has 0 radical (unpaired) electrons. The maximum Gasteiger partial charge on any atom is 0.237 e. The Morgan fingerprint density at radius 3 is 1.56 bits per heavy atom. The largest absolute Gasteiger partial charge is 0.342 e. The number of rotatable bonds is 2. The Morgan fingerprint density at radius 1 is 0.521 bits per heavy atom. The van der Waals surface area contributed by atoms with Gasteiger partial charge in [-0.3, -0.25) is 19.2 Å². The summed E-state index contributed by atoms with van der Waals surface area (Å²) in [6, 6.07) is 6.83. The minimum Gasteiger partial charge on any atom is -0.342 e. The number of fused-ring (bicyclic) bond motifs is 9. The van der Waals surface area contributed by atoms with Crippen LogP contribution in [0.3, 0.4) is 0 Å². The lowest BCUT2D eigenvalue weighted by Gasteiger charge is -2.05. The number of ketones is 4. The Hall–Kier alpha value is -5.40. The molecule has 9 rings (SSSR count). The molecule has 5 heterocycles. The van der Waals surface area contributed by atoms with Crippen molar-refractivity contribution in [2.75, 3.05) is 0 Å². The van der Waals surface area contributed by atoms with Gasteiger partial charge in [-0.1, -0.05) is 0 Å². The third-order valence-electron chi connectivity index (χ3n) is 9.28. The Balaban J connectivity index is 1.20. The van der Waals surface area contributed by atoms with Crippen molar-refractivity contribution in [1.29, 1.82) is 0 Å². The number of allylic oxidation sites excluding steroid dienone is 2. The molecule has 2 aliphatic rings. The van der Waals surface area contributed by atoms with Gasteiger partial charge in [-0.05, 0) is 36.4 Å². The monoisotopic (exact) mass is 683 g/mol. The van der Waals surface area contributed by atoms with Gasteiger partial charge in [-0.15, -0.1) is 22.7 Å². The van der Waals surface area contributed by atoms with E-state index in [9.17, 15) is 36.7 Å². The van der Waals surface area contributed by atoms with E-state index in [2.05, 4.69) is 0 Å². The molecule has 0 fully saturated rings. The van der Waals surface area contributed by atoms with Gasteiger partial charge < -0.3 is 13.7 Å². The number of thiophene rings is 2. The molecule has 7 nitrogen and oxygen atoms in total. The van der Waals surface area contributed by atoms with Gasteiger partial charge in [0.1, 0.15) is 23.3 Å². The summed E-state index contributed by atoms with van der Waals surface area (Å²) in [4.78, 5) is 50.8. The first-order valence-corrected chi connectivity index (χ1v) is 16.1. The summed E-state index contributed by atoms with van der Waals surface area (Å²) in [5, 5.41) is 0. The Morgan fingerprint density at radius 2 is 1.00 bits per heavy atom. The van der Waals surface area contributed by atoms with Gasteiger partial charge in [0.05, 0.1) is 46.4 Å². The minimum absolute atomic E-state index is 0.0736. The second kappa shape index (κ2) is 9.36. The van der Waals surface area contributed by atoms with Crippen molar-refractivity contribution < 1.29 is 36.7 Å². The zero-order valence-corrected chi connectivity index (χ0v) is 26.6. The first-order valence-electron chi connectivity index (χ1n) is 14.4. The SMILES string of the molecule is Cn1c(/C=C2\C(=O)C(=O)c3c(F)cc(F)cc32)cc2sc3c4sc5cc(/C=C6\C(=O)C(=O)c7cc(F)cc(F)c76)n(C)c5c4n(C)c3c21. The molecule has 48 heavy (non-hydrogen) atoms. The van der Waals surface area contributed by atoms with Crippen molar-refractivity contribution in [2.24, 2.45) is 21.1 Å². The lowest BCUT2D eigenvalue weighted by atomic mass is 10.1. The van der Waals surface area contributed by atoms with Gasteiger partial charge in [-0.25, -0.2) is 17.6 Å². The van der Waals surface area contributed by atoms with Gasteiger partial charge in [0.25, 0.3) is 0 Å². The summed E-state index contributed by atoms with van der Waals surface area (Å²) in [6.45, 7) is 0. The van der Waals surface area contributed by atoms with Gasteiger partial charge >= 0.3 is 0 Å². The van der Waals surface area contributed by atoms with Crippen LogP contribution in [0.4, 0.5) is 17.6 Å². The number of benzene rings is 2. The smallest absolute Gasteiger partial charge is 0.237 e. The molecule has 0 saturated carbocycles. The van der Waals surface area contributed by atoms with Gasteiger partial charge in [-0.2, -0.15) is 0 Å². The second-order valence-electron chi connectivity index (χ2n) is 11.9. The Labute approximate surface area is 274 Å². The number of halogens is 4. The predicted octanol–water partition coefficient (Wildman–Crippen LogP) is 7.61. The van der Waals surface area contributed by atoms with Crippen molar-refractivity contribution in [1.82, 2.24) is 13.7 Å². The summed E-state index contributed by atoms with van der Waals surface area (Å²) in [6.07, 6.45) is 2.94. The normalized spacial score (nSPS) is 16.5. The quantitative estimate of drug-likeness (QED) is 0.107. The summed E-state index contributed by atoms with van der Waals surface area (Å²) in [7, 11) is 5.53. The first-order chi connectivity index (χ1) is 22.8. The number of hydrogen-bond acceptors (Lipinski definition) is 6. The molecular weight excluding hydrogens is 667 g/mol. The van der Waals surface area contributed by atoms with Gasteiger partial charge in [0, 0.05) is 72.5 Å². The maximum absolute atomic E-state index is 14.8. The van der Waals surface area contributed by atoms with E-state index >= 15 is 0 Å². The van der Waals surface area contributed by atoms with Crippen LogP contribution in [0.25, 0.3) is 64.2 Å². The highest BCUT2D eigenvalue weighted by molar-refractivity contribution is 7.33. The van der Waals surface area contributed by atoms with E-state index in [1.165, 1.54) is 34.8 Å². The zero-order valence-electron chi connectivity index (χ0n) is 24.9. The highest BCUT2D eigenvalue weighted by atomic mass is 32.1. The van der Waals surface area contributed by atoms with E-state index in [4.69, 9.17) is 0 Å². The van der Waals surface area contributed by atoms with E-state index in [0.717, 1.165) is 53.0 Å². The van der Waals surface area contributed by atoms with Crippen LogP contribution in [0.15, 0.2) is 36.4 Å². The fraction of sp³-hybridized carbons (Fsp3) is 0.0857. The van der Waals surface area contributed by atoms with Crippen molar-refractivity contribution in [3.63, 3.8) is 0 Å². The fourth-order valence-corrected chi connectivity index (χ4v) is 9.83. The summed E-state index contributed by atoms with van der Waals surface area (Å²) >= 11 is 3.08. The zero-order chi connectivity index (χ0) is 33.7. The van der Waals surface area contributed by atoms with Crippen molar-refractivity contribution >= 4 is 110 Å². The average molecular weight is 684 g/mol. The van der Waals surface area contributed by atoms with E-state index in [1.807, 2.05) is 32.9 Å². The van der Waals surface area contributed by atoms with E-state index < -0.39 is 52.0 Å². The summed E-state index contributed by atoms with van der Waals surface area (Å²) < 4.78 is 66.7. The standard InChI is InChI=1S/C35H17F4N3O4S2/c1-40-14(8-17-16-4-12(36)7-21(39)25(16)33(46)30(17)43)10-22-26(40)28-34(47-22)35-29(42(28)3)27-23(48-35)11-15(41(27)2)9-19-24-18(31(44)32(19)45)5-13(37)6-20(24)38/h4-11H,1-3H3/b17-8-,19-9-. The molecule has 0 spiro atoms. The number of Topliss-reactive ketones (excluding diaryl/α,β-unsaturated/α-hetero) is 4. The molecule has 236 valence electrons. The summed E-state index contributed by atoms with van der Waals surface area (Å²) in [5.41, 5.74) is 3.43. The van der Waals surface area contributed by atoms with Crippen LogP contribution in [-0.4, -0.2) is 36.8 Å². The maximum atomic E-state index is 14.8. The molecule has 0 saturated heterocycles. The van der Waals surface area contributed by atoms with E-state index in [1.54, 1.807) is 14.1 Å². The predicted molar refractivity (Wildman–Crippen MR) is 176 cm³/mol. The number of hydrogen-bond donors (Lipinski definition) is 0. The highest BCUT2D eigenvalue weighted by Crippen LogP contribution is 2.48. The number of carbonyl (C=O) groups is 4. The van der Waals surface area contributed by atoms with Crippen LogP contribution in [-0.2, 0) is 30.7 Å². The second-order valence-corrected chi connectivity index (χ2v) is 14.0. The minimum atomic E-state index is -1.08. The molecule has 0 amide bonds. The molecule has 0 unspecified atom stereocenters. The van der Waals surface area contributed by atoms with Crippen molar-refractivity contribution in [2.45, 2.75) is 0 Å². The Bertz CT molecular complexity index is 2840. The van der Waals surface area contributed by atoms with Crippen LogP contribution in [0.1, 0.15) is 43.2 Å². The number of aromatic nitrogens is 3. The van der Waals surface area contributed by atoms with Crippen LogP contribution >= 0.6 is 22.7 Å². The molecule has 7 aromatic rings. The van der Waals surface area contributed by atoms with Crippen LogP contribution in [0, 0.1) is 23.3 Å². The molecule has 2 aliphatic carbocycles. The molecule has 5 aromatic heterocycles. The van der Waals surface area contributed by atoms with Crippen molar-refractivity contribution in [3.8, 4) is 0 Å². The lowest BCUT2D eigenvalue weighted by Crippen LogP contribution is -2.07. The fourth-order valence-electron chi connectivity index (χ4n) is 7.08. The third kappa shape index (κ3) is 3.51. The molecule has 2 aromatic carbocycles. The average Bonchev–Trinajstić information content (AvgIpc) is 3.85. The lowest BCUT2D eigenvalue weighted by molar-refractivity contribution is -0.110. The van der Waals surface area contributed by atoms with E-state index in [0.29, 0.717) is 23.5 Å². The molecule has 0 N–H and O–H groups in total. The van der Waals surface area contributed by atoms with Crippen LogP contribution < -0.4 is 0 Å². The van der Waals surface area contributed by atoms with E-state index in [-0.39, 0.29) is 27.8 Å². The number of nitrogens with zero attached hydrogens (tertiary/aromatic N) is 3. The van der Waals surface area contributed by atoms with Crippen LogP contribution in [0.2, 0.25) is 0 Å². The topological polar surface area (TPSA) is 83.1 Å². The van der Waals surface area contributed by atoms with Gasteiger partial charge in [0.2, 0.25) is 23.1 Å². The third-order valence-corrected chi connectivity index (χ3v) is 11.7. The van der Waals surface area contributed by atoms with Crippen molar-refractivity contribution in [3.05, 3.63) is 93.3 Å². The summed E-state index contributed by atoms with van der Waals surface area (Å²) in [5.74, 6) is -7.65. The van der Waals surface area contributed by atoms with Crippen LogP contribution in [0.5, 0.6) is 0 Å². The molecule has 0 atom stereocenters. The first kappa shape index (κ1) is 28.8. The Kier molecular flexibility index (Phi) is 5.61. The highest BCUT2D eigenvalue weighted by Gasteiger charge is 2.38. The number of aryl methyl sites for hydroxylation is 3. The number of carbonyl (C=O) groups excluding carboxylic acids is 4. The molecule has 0 aliphatic heterocycles. The molecule has 0 bridgehead atoms. The molecular formula is C35H17F4N3O4S2. The molecule has 13 heteroatoms. The van der Waals surface area contributed by atoms with Gasteiger partial charge in [0.15, 0.2) is 0 Å².